The zero-order valence-electron chi connectivity index (χ0n) is 14.2. The number of hydrogen-bond donors (Lipinski definition) is 0. The van der Waals surface area contributed by atoms with Gasteiger partial charge in [0.1, 0.15) is 0 Å². The minimum Gasteiger partial charge on any atom is -0.341 e. The fourth-order valence-electron chi connectivity index (χ4n) is 3.05. The number of thiazole rings is 1. The summed E-state index contributed by atoms with van der Waals surface area (Å²) in [7, 11) is 0. The summed E-state index contributed by atoms with van der Waals surface area (Å²) in [4.78, 5) is 21.1. The summed E-state index contributed by atoms with van der Waals surface area (Å²) >= 11 is 1.59. The SMILES string of the molecule is CCn1cc(CN2CCCN(C(=O)CCc3cscn3)CC2)cn1. The topological polar surface area (TPSA) is 54.3 Å². The summed E-state index contributed by atoms with van der Waals surface area (Å²) in [5.41, 5.74) is 4.10. The van der Waals surface area contributed by atoms with Gasteiger partial charge in [-0.25, -0.2) is 4.98 Å². The van der Waals surface area contributed by atoms with E-state index in [4.69, 9.17) is 0 Å². The average Bonchev–Trinajstić information content (AvgIpc) is 3.21. The lowest BCUT2D eigenvalue weighted by atomic mass is 10.2. The Hall–Kier alpha value is -1.73. The highest BCUT2D eigenvalue weighted by molar-refractivity contribution is 7.07. The van der Waals surface area contributed by atoms with Crippen molar-refractivity contribution in [2.45, 2.75) is 39.3 Å². The Morgan fingerprint density at radius 2 is 2.21 bits per heavy atom. The van der Waals surface area contributed by atoms with Crippen LogP contribution in [0, 0.1) is 0 Å². The van der Waals surface area contributed by atoms with Gasteiger partial charge in [-0.1, -0.05) is 0 Å². The lowest BCUT2D eigenvalue weighted by molar-refractivity contribution is -0.131. The van der Waals surface area contributed by atoms with Gasteiger partial charge >= 0.3 is 0 Å². The molecule has 3 heterocycles. The van der Waals surface area contributed by atoms with Crippen molar-refractivity contribution in [2.75, 3.05) is 26.2 Å². The Bertz CT molecular complexity index is 639. The van der Waals surface area contributed by atoms with Crippen LogP contribution in [0.5, 0.6) is 0 Å². The summed E-state index contributed by atoms with van der Waals surface area (Å²) < 4.78 is 1.96. The molecule has 0 spiro atoms. The van der Waals surface area contributed by atoms with E-state index in [9.17, 15) is 4.79 Å². The number of nitrogens with zero attached hydrogens (tertiary/aromatic N) is 5. The quantitative estimate of drug-likeness (QED) is 0.802. The lowest BCUT2D eigenvalue weighted by Crippen LogP contribution is -2.35. The van der Waals surface area contributed by atoms with Crippen LogP contribution < -0.4 is 0 Å². The standard InChI is InChI=1S/C17H25N5OS/c1-2-22-12-15(10-19-22)11-20-6-3-7-21(9-8-20)17(23)5-4-16-13-24-14-18-16/h10,12-14H,2-9,11H2,1H3. The molecule has 7 heteroatoms. The smallest absolute Gasteiger partial charge is 0.223 e. The van der Waals surface area contributed by atoms with E-state index in [0.717, 1.165) is 57.8 Å². The second-order valence-electron chi connectivity index (χ2n) is 6.19. The Morgan fingerprint density at radius 3 is 2.96 bits per heavy atom. The molecule has 0 bridgehead atoms. The first-order valence-electron chi connectivity index (χ1n) is 8.63. The molecule has 1 fully saturated rings. The number of amides is 1. The molecule has 0 aliphatic carbocycles. The number of hydrogen-bond acceptors (Lipinski definition) is 5. The molecule has 0 radical (unpaired) electrons. The predicted octanol–water partition coefficient (Wildman–Crippen LogP) is 2.03. The molecule has 2 aromatic heterocycles. The van der Waals surface area contributed by atoms with Crippen molar-refractivity contribution < 1.29 is 4.79 Å². The third-order valence-electron chi connectivity index (χ3n) is 4.44. The zero-order valence-corrected chi connectivity index (χ0v) is 15.0. The van der Waals surface area contributed by atoms with Crippen LogP contribution >= 0.6 is 11.3 Å². The maximum atomic E-state index is 12.4. The van der Waals surface area contributed by atoms with Gasteiger partial charge in [0.25, 0.3) is 0 Å². The fraction of sp³-hybridized carbons (Fsp3) is 0.588. The van der Waals surface area contributed by atoms with Crippen LogP contribution in [-0.2, 0) is 24.3 Å². The number of aromatic nitrogens is 3. The first-order chi connectivity index (χ1) is 11.7. The van der Waals surface area contributed by atoms with E-state index in [1.807, 2.05) is 26.7 Å². The Kier molecular flexibility index (Phi) is 5.98. The summed E-state index contributed by atoms with van der Waals surface area (Å²) in [6, 6.07) is 0. The normalized spacial score (nSPS) is 16.3. The van der Waals surface area contributed by atoms with Crippen molar-refractivity contribution in [3.8, 4) is 0 Å². The molecule has 1 saturated heterocycles. The molecule has 1 amide bonds. The molecule has 24 heavy (non-hydrogen) atoms. The van der Waals surface area contributed by atoms with E-state index in [0.29, 0.717) is 6.42 Å². The van der Waals surface area contributed by atoms with Crippen LogP contribution in [-0.4, -0.2) is 56.7 Å². The molecular formula is C17H25N5OS. The number of aryl methyl sites for hydroxylation is 2. The number of carbonyl (C=O) groups is 1. The summed E-state index contributed by atoms with van der Waals surface area (Å²) in [6.07, 6.45) is 6.41. The van der Waals surface area contributed by atoms with Gasteiger partial charge in [-0.15, -0.1) is 11.3 Å². The minimum atomic E-state index is 0.253. The van der Waals surface area contributed by atoms with Crippen molar-refractivity contribution in [3.63, 3.8) is 0 Å². The first kappa shape index (κ1) is 17.1. The molecule has 1 aliphatic rings. The van der Waals surface area contributed by atoms with Gasteiger partial charge in [-0.2, -0.15) is 5.10 Å². The van der Waals surface area contributed by atoms with Crippen molar-refractivity contribution >= 4 is 17.2 Å². The predicted molar refractivity (Wildman–Crippen MR) is 94.8 cm³/mol. The summed E-state index contributed by atoms with van der Waals surface area (Å²) in [5.74, 6) is 0.253. The number of carbonyl (C=O) groups excluding carboxylic acids is 1. The molecule has 0 atom stereocenters. The van der Waals surface area contributed by atoms with Gasteiger partial charge in [0.15, 0.2) is 0 Å². The maximum absolute atomic E-state index is 12.4. The molecular weight excluding hydrogens is 322 g/mol. The van der Waals surface area contributed by atoms with Crippen LogP contribution in [0.2, 0.25) is 0 Å². The third kappa shape index (κ3) is 4.64. The molecule has 0 saturated carbocycles. The first-order valence-corrected chi connectivity index (χ1v) is 9.57. The molecule has 6 nitrogen and oxygen atoms in total. The molecule has 130 valence electrons. The third-order valence-corrected chi connectivity index (χ3v) is 5.07. The molecule has 1 aliphatic heterocycles. The van der Waals surface area contributed by atoms with Crippen LogP contribution in [0.4, 0.5) is 0 Å². The van der Waals surface area contributed by atoms with Gasteiger partial charge in [0, 0.05) is 62.8 Å². The molecule has 0 aromatic carbocycles. The summed E-state index contributed by atoms with van der Waals surface area (Å²) in [5, 5.41) is 6.36. The van der Waals surface area contributed by atoms with Gasteiger partial charge in [-0.3, -0.25) is 14.4 Å². The van der Waals surface area contributed by atoms with Gasteiger partial charge in [0.2, 0.25) is 5.91 Å². The van der Waals surface area contributed by atoms with Gasteiger partial charge < -0.3 is 4.90 Å². The Morgan fingerprint density at radius 1 is 1.29 bits per heavy atom. The average molecular weight is 347 g/mol. The van der Waals surface area contributed by atoms with Crippen LogP contribution in [0.25, 0.3) is 0 Å². The highest BCUT2D eigenvalue weighted by Gasteiger charge is 2.19. The van der Waals surface area contributed by atoms with E-state index >= 15 is 0 Å². The van der Waals surface area contributed by atoms with Crippen molar-refractivity contribution in [2.24, 2.45) is 0 Å². The van der Waals surface area contributed by atoms with Crippen LogP contribution in [0.3, 0.4) is 0 Å². The molecule has 2 aromatic rings. The second kappa shape index (κ2) is 8.39. The highest BCUT2D eigenvalue weighted by atomic mass is 32.1. The van der Waals surface area contributed by atoms with Crippen molar-refractivity contribution in [1.29, 1.82) is 0 Å². The van der Waals surface area contributed by atoms with Gasteiger partial charge in [0.05, 0.1) is 17.4 Å². The largest absolute Gasteiger partial charge is 0.341 e. The van der Waals surface area contributed by atoms with E-state index in [2.05, 4.69) is 28.1 Å². The highest BCUT2D eigenvalue weighted by Crippen LogP contribution is 2.11. The molecule has 3 rings (SSSR count). The monoisotopic (exact) mass is 347 g/mol. The molecule has 0 unspecified atom stereocenters. The van der Waals surface area contributed by atoms with Crippen LogP contribution in [0.15, 0.2) is 23.3 Å². The lowest BCUT2D eigenvalue weighted by Gasteiger charge is -2.21. The van der Waals surface area contributed by atoms with Crippen molar-refractivity contribution in [1.82, 2.24) is 24.6 Å². The summed E-state index contributed by atoms with van der Waals surface area (Å²) in [6.45, 7) is 7.56. The second-order valence-corrected chi connectivity index (χ2v) is 6.91. The Labute approximate surface area is 147 Å². The maximum Gasteiger partial charge on any atom is 0.223 e. The Balaban J connectivity index is 1.46. The van der Waals surface area contributed by atoms with Crippen LogP contribution in [0.1, 0.15) is 31.0 Å². The van der Waals surface area contributed by atoms with E-state index in [1.165, 1.54) is 5.56 Å². The zero-order chi connectivity index (χ0) is 16.8. The van der Waals surface area contributed by atoms with Crippen molar-refractivity contribution in [3.05, 3.63) is 34.5 Å². The van der Waals surface area contributed by atoms with E-state index in [1.54, 1.807) is 11.3 Å². The van der Waals surface area contributed by atoms with E-state index < -0.39 is 0 Å². The number of rotatable bonds is 6. The fourth-order valence-corrected chi connectivity index (χ4v) is 3.64. The van der Waals surface area contributed by atoms with E-state index in [-0.39, 0.29) is 5.91 Å². The minimum absolute atomic E-state index is 0.253. The molecule has 0 N–H and O–H groups in total. The van der Waals surface area contributed by atoms with Gasteiger partial charge in [-0.05, 0) is 19.8 Å².